The third kappa shape index (κ3) is 9.75. The van der Waals surface area contributed by atoms with E-state index >= 15 is 0 Å². The second kappa shape index (κ2) is 9.19. The van der Waals surface area contributed by atoms with Gasteiger partial charge in [-0.05, 0) is 0 Å². The molecule has 4 heteroatoms. The Balaban J connectivity index is 2.61. The van der Waals surface area contributed by atoms with Crippen LogP contribution in [0, 0.1) is 20.7 Å². The summed E-state index contributed by atoms with van der Waals surface area (Å²) in [6.07, 6.45) is 0. The molecule has 0 unspecified atom stereocenters. The molecule has 0 radical (unpaired) electrons. The van der Waals surface area contributed by atoms with Crippen LogP contribution in [-0.4, -0.2) is 46.1 Å². The zero-order valence-electron chi connectivity index (χ0n) is 14.5. The summed E-state index contributed by atoms with van der Waals surface area (Å²) >= 11 is 0.820. The van der Waals surface area contributed by atoms with Gasteiger partial charge in [0.2, 0.25) is 0 Å². The van der Waals surface area contributed by atoms with Crippen LogP contribution < -0.4 is 0 Å². The summed E-state index contributed by atoms with van der Waals surface area (Å²) in [5.41, 5.74) is 9.95. The van der Waals surface area contributed by atoms with E-state index in [0.717, 1.165) is 10.6 Å². The monoisotopic (exact) mass is 458 g/mol. The van der Waals surface area contributed by atoms with Gasteiger partial charge in [-0.3, -0.25) is 0 Å². The summed E-state index contributed by atoms with van der Waals surface area (Å²) in [7, 11) is -2.42. The molecule has 0 atom stereocenters. The molecule has 1 rings (SSSR count). The normalized spacial score (nSPS) is 11.2. The Morgan fingerprint density at radius 2 is 1.09 bits per heavy atom. The van der Waals surface area contributed by atoms with Crippen molar-refractivity contribution < 1.29 is 0 Å². The molecule has 0 aliphatic carbocycles. The maximum absolute atomic E-state index is 3.48. The second-order valence-corrected chi connectivity index (χ2v) is 20.1. The Bertz CT molecular complexity index is 547. The van der Waals surface area contributed by atoms with Crippen molar-refractivity contribution >= 4 is 46.1 Å². The zero-order chi connectivity index (χ0) is 16.6. The Morgan fingerprint density at radius 3 is 1.41 bits per heavy atom. The van der Waals surface area contributed by atoms with E-state index in [2.05, 4.69) is 84.3 Å². The summed E-state index contributed by atoms with van der Waals surface area (Å²) in [4.78, 5) is 6.89. The first kappa shape index (κ1) is 19.9. The van der Waals surface area contributed by atoms with Crippen molar-refractivity contribution in [3.8, 4) is 20.7 Å². The molecule has 0 bridgehead atoms. The van der Waals surface area contributed by atoms with E-state index in [4.69, 9.17) is 0 Å². The summed E-state index contributed by atoms with van der Waals surface area (Å²) < 4.78 is 0. The van der Waals surface area contributed by atoms with Gasteiger partial charge in [0.05, 0.1) is 0 Å². The predicted octanol–water partition coefficient (Wildman–Crippen LogP) is 3.77. The van der Waals surface area contributed by atoms with Crippen molar-refractivity contribution in [3.05, 3.63) is 35.4 Å². The van der Waals surface area contributed by atoms with Gasteiger partial charge in [-0.2, -0.15) is 0 Å². The average Bonchev–Trinajstić information content (AvgIpc) is 2.39. The molecule has 0 saturated carbocycles. The third-order valence-corrected chi connectivity index (χ3v) is 8.08. The summed E-state index contributed by atoms with van der Waals surface area (Å²) in [5.74, 6) is 0. The van der Waals surface area contributed by atoms with Crippen LogP contribution in [0.3, 0.4) is 0 Å². The molecule has 0 N–H and O–H groups in total. The Kier molecular flexibility index (Phi) is 8.30. The first-order chi connectivity index (χ1) is 10.2. The average molecular weight is 456 g/mol. The van der Waals surface area contributed by atoms with Gasteiger partial charge in [-0.1, -0.05) is 0 Å². The summed E-state index contributed by atoms with van der Waals surface area (Å²) in [5, 5.41) is 2.27. The van der Waals surface area contributed by atoms with E-state index in [-0.39, 0.29) is 0 Å². The first-order valence-electron chi connectivity index (χ1n) is 7.52. The van der Waals surface area contributed by atoms with E-state index < -0.39 is 16.1 Å². The van der Waals surface area contributed by atoms with Crippen LogP contribution in [0.1, 0.15) is 11.1 Å². The third-order valence-electron chi connectivity index (χ3n) is 2.57. The molecule has 0 aromatic heterocycles. The van der Waals surface area contributed by atoms with E-state index in [1.807, 2.05) is 0 Å². The fraction of sp³-hybridized carbons (Fsp3) is 0.444. The molecule has 0 nitrogen and oxygen atoms in total. The van der Waals surface area contributed by atoms with Crippen molar-refractivity contribution in [2.24, 2.45) is 0 Å². The van der Waals surface area contributed by atoms with Gasteiger partial charge in [0, 0.05) is 0 Å². The molecule has 0 aliphatic rings. The van der Waals surface area contributed by atoms with Crippen LogP contribution in [0.15, 0.2) is 24.3 Å². The van der Waals surface area contributed by atoms with Crippen molar-refractivity contribution in [2.75, 3.05) is 0 Å². The van der Waals surface area contributed by atoms with Crippen molar-refractivity contribution in [1.82, 2.24) is 0 Å². The summed E-state index contributed by atoms with van der Waals surface area (Å²) in [6.45, 7) is 13.9. The first-order valence-corrected chi connectivity index (χ1v) is 18.7. The van der Waals surface area contributed by atoms with Crippen LogP contribution in [0.25, 0.3) is 0 Å². The van der Waals surface area contributed by atoms with E-state index in [9.17, 15) is 0 Å². The molecule has 118 valence electrons. The van der Waals surface area contributed by atoms with Crippen LogP contribution in [0.4, 0.5) is 0 Å². The van der Waals surface area contributed by atoms with Crippen LogP contribution in [0.2, 0.25) is 39.3 Å². The molecule has 0 aliphatic heterocycles. The predicted molar refractivity (Wildman–Crippen MR) is 108 cm³/mol. The topological polar surface area (TPSA) is 0 Å². The SMILES string of the molecule is C[Si](C)(C)C#C[Se]Cc1ccccc1C[Se]C#C[Si](C)(C)C. The maximum atomic E-state index is 3.48. The van der Waals surface area contributed by atoms with Gasteiger partial charge in [-0.15, -0.1) is 0 Å². The molecule has 0 amide bonds. The summed E-state index contributed by atoms with van der Waals surface area (Å²) in [6, 6.07) is 8.85. The molecule has 22 heavy (non-hydrogen) atoms. The van der Waals surface area contributed by atoms with Crippen LogP contribution in [0.5, 0.6) is 0 Å². The minimum absolute atomic E-state index is 0.410. The molecule has 1 aromatic rings. The van der Waals surface area contributed by atoms with Crippen LogP contribution in [-0.2, 0) is 10.6 Å². The number of benzene rings is 1. The van der Waals surface area contributed by atoms with Crippen LogP contribution >= 0.6 is 0 Å². The van der Waals surface area contributed by atoms with Crippen molar-refractivity contribution in [1.29, 1.82) is 0 Å². The number of hydrogen-bond acceptors (Lipinski definition) is 0. The molecule has 1 aromatic carbocycles. The van der Waals surface area contributed by atoms with E-state index in [0.29, 0.717) is 29.9 Å². The quantitative estimate of drug-likeness (QED) is 0.478. The molecule has 0 fully saturated rings. The second-order valence-electron chi connectivity index (χ2n) is 7.30. The minimum atomic E-state index is -1.21. The van der Waals surface area contributed by atoms with Gasteiger partial charge in [0.15, 0.2) is 0 Å². The van der Waals surface area contributed by atoms with Crippen molar-refractivity contribution in [2.45, 2.75) is 49.9 Å². The molecular weight excluding hydrogens is 430 g/mol. The van der Waals surface area contributed by atoms with E-state index in [1.54, 1.807) is 0 Å². The Morgan fingerprint density at radius 1 is 0.727 bits per heavy atom. The van der Waals surface area contributed by atoms with Crippen molar-refractivity contribution in [3.63, 3.8) is 0 Å². The fourth-order valence-corrected chi connectivity index (χ4v) is 9.10. The Labute approximate surface area is 151 Å². The number of hydrogen-bond donors (Lipinski definition) is 0. The standard InChI is InChI=1S/C18H26Se2Si2/c1-21(2,3)13-11-19-15-17-9-7-8-10-18(17)16-20-12-14-22(4,5)6/h7-10H,15-16H2,1-6H3. The fourth-order valence-electron chi connectivity index (χ4n) is 1.45. The van der Waals surface area contributed by atoms with Gasteiger partial charge < -0.3 is 0 Å². The molecular formula is C18H26Se2Si2. The Hall–Kier alpha value is -0.187. The number of rotatable bonds is 4. The molecule has 0 heterocycles. The molecule has 0 spiro atoms. The van der Waals surface area contributed by atoms with Gasteiger partial charge in [0.25, 0.3) is 0 Å². The van der Waals surface area contributed by atoms with Gasteiger partial charge >= 0.3 is 152 Å². The molecule has 0 saturated heterocycles. The van der Waals surface area contributed by atoms with Gasteiger partial charge in [-0.25, -0.2) is 0 Å². The zero-order valence-corrected chi connectivity index (χ0v) is 20.0. The van der Waals surface area contributed by atoms with E-state index in [1.165, 1.54) is 11.1 Å². The van der Waals surface area contributed by atoms with Gasteiger partial charge in [0.1, 0.15) is 0 Å².